The lowest BCUT2D eigenvalue weighted by molar-refractivity contribution is -0.131. The van der Waals surface area contributed by atoms with Crippen molar-refractivity contribution >= 4 is 17.6 Å². The first-order valence-electron chi connectivity index (χ1n) is 6.34. The van der Waals surface area contributed by atoms with Gasteiger partial charge in [-0.3, -0.25) is 9.59 Å². The summed E-state index contributed by atoms with van der Waals surface area (Å²) >= 11 is 0. The number of nitrogens with one attached hydrogen (secondary N) is 1. The van der Waals surface area contributed by atoms with Gasteiger partial charge in [-0.25, -0.2) is 0 Å². The lowest BCUT2D eigenvalue weighted by Gasteiger charge is -2.08. The molecule has 1 amide bonds. The maximum Gasteiger partial charge on any atom is 0.308 e. The van der Waals surface area contributed by atoms with Crippen LogP contribution in [0.5, 0.6) is 11.5 Å². The smallest absolute Gasteiger partial charge is 0.308 e. The van der Waals surface area contributed by atoms with Crippen molar-refractivity contribution in [3.05, 3.63) is 53.6 Å². The van der Waals surface area contributed by atoms with Gasteiger partial charge in [-0.1, -0.05) is 17.7 Å². The minimum atomic E-state index is -0.523. The van der Waals surface area contributed by atoms with Crippen LogP contribution in [0.4, 0.5) is 5.69 Å². The third-order valence-electron chi connectivity index (χ3n) is 2.72. The van der Waals surface area contributed by atoms with Crippen LogP contribution >= 0.6 is 0 Å². The molecule has 21 heavy (non-hydrogen) atoms. The number of aromatic hydroxyl groups is 1. The van der Waals surface area contributed by atoms with E-state index in [0.29, 0.717) is 5.69 Å². The number of hydrogen-bond acceptors (Lipinski definition) is 4. The molecular weight excluding hydrogens is 270 g/mol. The second-order valence-electron chi connectivity index (χ2n) is 4.63. The third-order valence-corrected chi connectivity index (χ3v) is 2.72. The van der Waals surface area contributed by atoms with Gasteiger partial charge in [0, 0.05) is 24.2 Å². The van der Waals surface area contributed by atoms with Gasteiger partial charge in [0.05, 0.1) is 0 Å². The van der Waals surface area contributed by atoms with E-state index in [0.717, 1.165) is 5.56 Å². The SMILES string of the molecule is CC(=O)Oc1cc(O)cc(C(=O)Nc2ccc(C)cc2)c1. The molecule has 0 aliphatic rings. The van der Waals surface area contributed by atoms with Gasteiger partial charge in [0.25, 0.3) is 5.91 Å². The minimum absolute atomic E-state index is 0.122. The van der Waals surface area contributed by atoms with Crippen LogP contribution in [0.25, 0.3) is 0 Å². The predicted octanol–water partition coefficient (Wildman–Crippen LogP) is 2.88. The summed E-state index contributed by atoms with van der Waals surface area (Å²) < 4.78 is 4.87. The highest BCUT2D eigenvalue weighted by molar-refractivity contribution is 6.04. The first kappa shape index (κ1) is 14.6. The summed E-state index contributed by atoms with van der Waals surface area (Å²) in [5.74, 6) is -0.951. The molecule has 2 N–H and O–H groups in total. The van der Waals surface area contributed by atoms with Crippen LogP contribution in [0.2, 0.25) is 0 Å². The molecule has 108 valence electrons. The number of amides is 1. The lowest BCUT2D eigenvalue weighted by atomic mass is 10.1. The van der Waals surface area contributed by atoms with Crippen LogP contribution in [-0.4, -0.2) is 17.0 Å². The molecule has 0 heterocycles. The molecule has 0 fully saturated rings. The van der Waals surface area contributed by atoms with Crippen LogP contribution in [0.1, 0.15) is 22.8 Å². The van der Waals surface area contributed by atoms with E-state index in [1.54, 1.807) is 12.1 Å². The van der Waals surface area contributed by atoms with E-state index < -0.39 is 11.9 Å². The van der Waals surface area contributed by atoms with E-state index in [-0.39, 0.29) is 17.1 Å². The number of anilines is 1. The first-order valence-corrected chi connectivity index (χ1v) is 6.34. The average Bonchev–Trinajstić information content (AvgIpc) is 2.40. The molecule has 2 rings (SSSR count). The highest BCUT2D eigenvalue weighted by Gasteiger charge is 2.11. The molecule has 5 heteroatoms. The molecule has 0 aliphatic carbocycles. The summed E-state index contributed by atoms with van der Waals surface area (Å²) in [5.41, 5.74) is 1.93. The topological polar surface area (TPSA) is 75.6 Å². The summed E-state index contributed by atoms with van der Waals surface area (Å²) in [4.78, 5) is 23.1. The second-order valence-corrected chi connectivity index (χ2v) is 4.63. The number of carbonyl (C=O) groups is 2. The van der Waals surface area contributed by atoms with Crippen LogP contribution in [0, 0.1) is 6.92 Å². The Morgan fingerprint density at radius 1 is 1.10 bits per heavy atom. The zero-order chi connectivity index (χ0) is 15.4. The number of phenols is 1. The summed E-state index contributed by atoms with van der Waals surface area (Å²) in [6, 6.07) is 11.3. The van der Waals surface area contributed by atoms with Crippen molar-refractivity contribution in [1.82, 2.24) is 0 Å². The Labute approximate surface area is 122 Å². The summed E-state index contributed by atoms with van der Waals surface area (Å²) in [6.07, 6.45) is 0. The van der Waals surface area contributed by atoms with E-state index in [2.05, 4.69) is 5.32 Å². The summed E-state index contributed by atoms with van der Waals surface area (Å²) in [6.45, 7) is 3.20. The molecule has 0 spiro atoms. The molecule has 0 aromatic heterocycles. The van der Waals surface area contributed by atoms with Gasteiger partial charge in [0.15, 0.2) is 0 Å². The van der Waals surface area contributed by atoms with E-state index in [1.807, 2.05) is 19.1 Å². The number of esters is 1. The predicted molar refractivity (Wildman–Crippen MR) is 78.5 cm³/mol. The number of ether oxygens (including phenoxy) is 1. The fraction of sp³-hybridized carbons (Fsp3) is 0.125. The standard InChI is InChI=1S/C16H15NO4/c1-10-3-5-13(6-4-10)17-16(20)12-7-14(19)9-15(8-12)21-11(2)18/h3-9,19H,1-2H3,(H,17,20). The van der Waals surface area contributed by atoms with E-state index in [1.165, 1.54) is 25.1 Å². The van der Waals surface area contributed by atoms with Gasteiger partial charge in [0.2, 0.25) is 0 Å². The fourth-order valence-corrected chi connectivity index (χ4v) is 1.78. The Morgan fingerprint density at radius 3 is 2.38 bits per heavy atom. The van der Waals surface area contributed by atoms with Crippen molar-refractivity contribution in [1.29, 1.82) is 0 Å². The van der Waals surface area contributed by atoms with Crippen molar-refractivity contribution in [3.8, 4) is 11.5 Å². The zero-order valence-corrected chi connectivity index (χ0v) is 11.7. The summed E-state index contributed by atoms with van der Waals surface area (Å²) in [7, 11) is 0. The highest BCUT2D eigenvalue weighted by Crippen LogP contribution is 2.23. The molecular formula is C16H15NO4. The third kappa shape index (κ3) is 4.07. The normalized spacial score (nSPS) is 10.0. The van der Waals surface area contributed by atoms with Crippen LogP contribution in [0.3, 0.4) is 0 Å². The van der Waals surface area contributed by atoms with Gasteiger partial charge in [-0.2, -0.15) is 0 Å². The molecule has 0 atom stereocenters. The van der Waals surface area contributed by atoms with Gasteiger partial charge < -0.3 is 15.2 Å². The van der Waals surface area contributed by atoms with Crippen LogP contribution in [-0.2, 0) is 4.79 Å². The minimum Gasteiger partial charge on any atom is -0.508 e. The fourth-order valence-electron chi connectivity index (χ4n) is 1.78. The molecule has 0 saturated heterocycles. The molecule has 2 aromatic rings. The number of aryl methyl sites for hydroxylation is 1. The molecule has 0 saturated carbocycles. The molecule has 0 bridgehead atoms. The zero-order valence-electron chi connectivity index (χ0n) is 11.7. The van der Waals surface area contributed by atoms with Crippen molar-refractivity contribution in [3.63, 3.8) is 0 Å². The van der Waals surface area contributed by atoms with E-state index >= 15 is 0 Å². The largest absolute Gasteiger partial charge is 0.508 e. The molecule has 2 aromatic carbocycles. The summed E-state index contributed by atoms with van der Waals surface area (Å²) in [5, 5.41) is 12.3. The first-order chi connectivity index (χ1) is 9.94. The Morgan fingerprint density at radius 2 is 1.76 bits per heavy atom. The van der Waals surface area contributed by atoms with Crippen LogP contribution in [0.15, 0.2) is 42.5 Å². The molecule has 0 radical (unpaired) electrons. The quantitative estimate of drug-likeness (QED) is 0.671. The molecule has 0 unspecified atom stereocenters. The van der Waals surface area contributed by atoms with Crippen molar-refractivity contribution in [2.45, 2.75) is 13.8 Å². The van der Waals surface area contributed by atoms with Gasteiger partial charge >= 0.3 is 5.97 Å². The van der Waals surface area contributed by atoms with Crippen molar-refractivity contribution in [2.24, 2.45) is 0 Å². The monoisotopic (exact) mass is 285 g/mol. The number of benzene rings is 2. The van der Waals surface area contributed by atoms with E-state index in [4.69, 9.17) is 4.74 Å². The maximum atomic E-state index is 12.1. The van der Waals surface area contributed by atoms with Gasteiger partial charge in [-0.15, -0.1) is 0 Å². The van der Waals surface area contributed by atoms with Crippen LogP contribution < -0.4 is 10.1 Å². The van der Waals surface area contributed by atoms with Gasteiger partial charge in [-0.05, 0) is 31.2 Å². The average molecular weight is 285 g/mol. The Hall–Kier alpha value is -2.82. The maximum absolute atomic E-state index is 12.1. The Bertz CT molecular complexity index is 677. The van der Waals surface area contributed by atoms with Crippen molar-refractivity contribution < 1.29 is 19.4 Å². The lowest BCUT2D eigenvalue weighted by Crippen LogP contribution is -2.12. The Balaban J connectivity index is 2.20. The number of hydrogen-bond donors (Lipinski definition) is 2. The van der Waals surface area contributed by atoms with E-state index in [9.17, 15) is 14.7 Å². The molecule has 5 nitrogen and oxygen atoms in total. The number of rotatable bonds is 3. The number of phenolic OH excluding ortho intramolecular Hbond substituents is 1. The highest BCUT2D eigenvalue weighted by atomic mass is 16.5. The molecule has 0 aliphatic heterocycles. The number of carbonyl (C=O) groups excluding carboxylic acids is 2. The Kier molecular flexibility index (Phi) is 4.23. The second kappa shape index (κ2) is 6.09. The van der Waals surface area contributed by atoms with Gasteiger partial charge in [0.1, 0.15) is 11.5 Å². The van der Waals surface area contributed by atoms with Crippen molar-refractivity contribution in [2.75, 3.05) is 5.32 Å².